The predicted octanol–water partition coefficient (Wildman–Crippen LogP) is 1.54. The molecule has 120 valence electrons. The second-order valence-electron chi connectivity index (χ2n) is 5.05. The third-order valence-corrected chi connectivity index (χ3v) is 4.41. The van der Waals surface area contributed by atoms with Gasteiger partial charge in [0, 0.05) is 6.54 Å². The number of nitrogens with zero attached hydrogens (tertiary/aromatic N) is 2. The third kappa shape index (κ3) is 4.25. The smallest absolute Gasteiger partial charge is 0.289 e. The lowest BCUT2D eigenvalue weighted by Crippen LogP contribution is -2.26. The molecule has 0 atom stereocenters. The van der Waals surface area contributed by atoms with Crippen LogP contribution >= 0.6 is 11.8 Å². The zero-order valence-corrected chi connectivity index (χ0v) is 13.9. The lowest BCUT2D eigenvalue weighted by atomic mass is 10.1. The number of thioether (sulfide) groups is 1. The van der Waals surface area contributed by atoms with Crippen LogP contribution in [0.2, 0.25) is 0 Å². The average molecular weight is 338 g/mol. The van der Waals surface area contributed by atoms with Crippen molar-refractivity contribution >= 4 is 23.5 Å². The van der Waals surface area contributed by atoms with Gasteiger partial charge in [0.1, 0.15) is 23.3 Å². The van der Waals surface area contributed by atoms with Crippen LogP contribution in [0.5, 0.6) is 0 Å². The van der Waals surface area contributed by atoms with Crippen molar-refractivity contribution in [2.24, 2.45) is 0 Å². The summed E-state index contributed by atoms with van der Waals surface area (Å²) in [6, 6.07) is 13.2. The molecule has 0 aliphatic carbocycles. The maximum absolute atomic E-state index is 12.0. The number of hydrogen-bond donors (Lipinski definition) is 2. The Labute approximate surface area is 144 Å². The van der Waals surface area contributed by atoms with E-state index in [4.69, 9.17) is 16.3 Å². The fraction of sp³-hybridized carbons (Fsp3) is 0.176. The van der Waals surface area contributed by atoms with Crippen molar-refractivity contribution in [1.29, 1.82) is 10.5 Å². The number of benzene rings is 1. The van der Waals surface area contributed by atoms with Gasteiger partial charge in [0.25, 0.3) is 5.82 Å². The zero-order chi connectivity index (χ0) is 17.5. The van der Waals surface area contributed by atoms with Gasteiger partial charge in [0.2, 0.25) is 5.91 Å². The van der Waals surface area contributed by atoms with E-state index < -0.39 is 0 Å². The van der Waals surface area contributed by atoms with E-state index >= 15 is 0 Å². The highest BCUT2D eigenvalue weighted by molar-refractivity contribution is 7.99. The quantitative estimate of drug-likeness (QED) is 0.802. The van der Waals surface area contributed by atoms with Crippen molar-refractivity contribution in [3.8, 4) is 12.1 Å². The maximum Gasteiger partial charge on any atom is 0.289 e. The number of carbonyl (C=O) groups is 1. The molecule has 1 aromatic heterocycles. The molecule has 1 heterocycles. The van der Waals surface area contributed by atoms with Crippen LogP contribution in [0.15, 0.2) is 35.4 Å². The number of aromatic nitrogens is 1. The van der Waals surface area contributed by atoms with Crippen molar-refractivity contribution in [1.82, 2.24) is 5.32 Å². The highest BCUT2D eigenvalue weighted by Gasteiger charge is 2.15. The van der Waals surface area contributed by atoms with Gasteiger partial charge in [-0.2, -0.15) is 10.5 Å². The maximum atomic E-state index is 12.0. The molecule has 0 saturated carbocycles. The molecule has 4 N–H and O–H groups in total. The van der Waals surface area contributed by atoms with E-state index in [1.165, 1.54) is 17.8 Å². The largest absolute Gasteiger partial charge is 0.351 e. The van der Waals surface area contributed by atoms with Gasteiger partial charge >= 0.3 is 0 Å². The molecule has 0 saturated heterocycles. The van der Waals surface area contributed by atoms with E-state index in [1.54, 1.807) is 0 Å². The Kier molecular flexibility index (Phi) is 5.78. The number of aromatic amines is 1. The van der Waals surface area contributed by atoms with E-state index in [9.17, 15) is 4.79 Å². The molecule has 6 nitrogen and oxygen atoms in total. The van der Waals surface area contributed by atoms with Crippen LogP contribution < -0.4 is 16.0 Å². The van der Waals surface area contributed by atoms with Crippen molar-refractivity contribution in [2.45, 2.75) is 18.5 Å². The van der Waals surface area contributed by atoms with Crippen molar-refractivity contribution < 1.29 is 9.78 Å². The van der Waals surface area contributed by atoms with Crippen LogP contribution in [0.3, 0.4) is 0 Å². The highest BCUT2D eigenvalue weighted by Crippen LogP contribution is 2.20. The van der Waals surface area contributed by atoms with Gasteiger partial charge in [-0.3, -0.25) is 10.5 Å². The average Bonchev–Trinajstić information content (AvgIpc) is 2.59. The summed E-state index contributed by atoms with van der Waals surface area (Å²) < 4.78 is 0. The molecular formula is C17H16N5OS+. The normalized spacial score (nSPS) is 9.79. The number of nitriles is 2. The number of hydrogen-bond acceptors (Lipinski definition) is 5. The van der Waals surface area contributed by atoms with Crippen LogP contribution in [0.25, 0.3) is 0 Å². The number of rotatable bonds is 5. The summed E-state index contributed by atoms with van der Waals surface area (Å²) in [5.41, 5.74) is 8.38. The lowest BCUT2D eigenvalue weighted by Gasteiger charge is -2.07. The molecule has 0 bridgehead atoms. The Morgan fingerprint density at radius 2 is 2.00 bits per heavy atom. The second-order valence-corrected chi connectivity index (χ2v) is 6.04. The Bertz CT molecular complexity index is 851. The summed E-state index contributed by atoms with van der Waals surface area (Å²) in [5.74, 6) is 0.172. The minimum absolute atomic E-state index is 0.141. The fourth-order valence-electron chi connectivity index (χ4n) is 2.02. The number of nitrogens with one attached hydrogen (secondary N) is 2. The number of amides is 1. The molecule has 2 rings (SSSR count). The molecule has 24 heavy (non-hydrogen) atoms. The Morgan fingerprint density at radius 3 is 2.67 bits per heavy atom. The molecule has 0 fully saturated rings. The summed E-state index contributed by atoms with van der Waals surface area (Å²) in [5, 5.41) is 21.4. The first-order chi connectivity index (χ1) is 11.5. The number of nitrogen functional groups attached to an aromatic ring is 1. The number of carbonyl (C=O) groups excluding carboxylic acids is 1. The molecule has 0 aliphatic rings. The van der Waals surface area contributed by atoms with Gasteiger partial charge in [-0.1, -0.05) is 36.0 Å². The second kappa shape index (κ2) is 8.00. The van der Waals surface area contributed by atoms with E-state index in [2.05, 4.69) is 10.3 Å². The van der Waals surface area contributed by atoms with E-state index in [0.29, 0.717) is 11.6 Å². The molecule has 2 aromatic rings. The van der Waals surface area contributed by atoms with E-state index in [1.807, 2.05) is 43.3 Å². The molecule has 0 aliphatic heterocycles. The minimum Gasteiger partial charge on any atom is -0.351 e. The monoisotopic (exact) mass is 338 g/mol. The first kappa shape index (κ1) is 17.3. The first-order valence-corrected chi connectivity index (χ1v) is 8.13. The van der Waals surface area contributed by atoms with Gasteiger partial charge in [-0.05, 0) is 24.1 Å². The van der Waals surface area contributed by atoms with Gasteiger partial charge in [0.15, 0.2) is 5.03 Å². The van der Waals surface area contributed by atoms with Crippen LogP contribution in [0.1, 0.15) is 22.3 Å². The van der Waals surface area contributed by atoms with E-state index in [-0.39, 0.29) is 28.6 Å². The summed E-state index contributed by atoms with van der Waals surface area (Å²) in [6.45, 7) is 2.44. The highest BCUT2D eigenvalue weighted by atomic mass is 32.2. The lowest BCUT2D eigenvalue weighted by molar-refractivity contribution is -0.410. The van der Waals surface area contributed by atoms with Crippen LogP contribution in [0.4, 0.5) is 5.82 Å². The fourth-order valence-corrected chi connectivity index (χ4v) is 2.84. The summed E-state index contributed by atoms with van der Waals surface area (Å²) in [7, 11) is 0. The SMILES string of the molecule is Cc1ccccc1CNC(=O)CSc1[nH+]c(N)c(C#N)cc1C#N. The molecule has 1 amide bonds. The predicted molar refractivity (Wildman–Crippen MR) is 90.6 cm³/mol. The molecule has 7 heteroatoms. The van der Waals surface area contributed by atoms with Gasteiger partial charge in [0.05, 0.1) is 5.75 Å². The van der Waals surface area contributed by atoms with Crippen molar-refractivity contribution in [2.75, 3.05) is 11.5 Å². The topological polar surface area (TPSA) is 117 Å². The van der Waals surface area contributed by atoms with Crippen LogP contribution in [0, 0.1) is 29.6 Å². The van der Waals surface area contributed by atoms with Crippen LogP contribution in [-0.2, 0) is 11.3 Å². The van der Waals surface area contributed by atoms with Crippen molar-refractivity contribution in [3.63, 3.8) is 0 Å². The number of anilines is 1. The molecule has 0 unspecified atom stereocenters. The molecule has 1 aromatic carbocycles. The van der Waals surface area contributed by atoms with Crippen LogP contribution in [-0.4, -0.2) is 11.7 Å². The summed E-state index contributed by atoms with van der Waals surface area (Å²) in [4.78, 5) is 14.8. The first-order valence-electron chi connectivity index (χ1n) is 7.15. The third-order valence-electron chi connectivity index (χ3n) is 3.40. The van der Waals surface area contributed by atoms with Crippen molar-refractivity contribution in [3.05, 3.63) is 52.6 Å². The molecule has 0 radical (unpaired) electrons. The van der Waals surface area contributed by atoms with E-state index in [0.717, 1.165) is 11.1 Å². The van der Waals surface area contributed by atoms with Gasteiger partial charge in [-0.15, -0.1) is 0 Å². The number of H-pyrrole nitrogens is 1. The minimum atomic E-state index is -0.150. The molecule has 0 spiro atoms. The Balaban J connectivity index is 1.97. The summed E-state index contributed by atoms with van der Waals surface area (Å²) in [6.07, 6.45) is 0. The number of nitrogens with two attached hydrogens (primary N) is 1. The molecular weight excluding hydrogens is 322 g/mol. The number of aryl methyl sites for hydroxylation is 1. The van der Waals surface area contributed by atoms with Gasteiger partial charge < -0.3 is 5.32 Å². The number of pyridine rings is 1. The standard InChI is InChI=1S/C17H15N5OS/c1-11-4-2-3-5-12(11)9-21-15(23)10-24-17-14(8-19)6-13(7-18)16(20)22-17/h2-6H,9-10H2,1H3,(H2,20,22)(H,21,23)/p+1. The zero-order valence-electron chi connectivity index (χ0n) is 13.1. The Morgan fingerprint density at radius 1 is 1.29 bits per heavy atom. The van der Waals surface area contributed by atoms with Gasteiger partial charge in [-0.25, -0.2) is 4.98 Å². The summed E-state index contributed by atoms with van der Waals surface area (Å²) >= 11 is 1.17. The Hall–Kier alpha value is -3.03.